The minimum absolute atomic E-state index is 0.145. The van der Waals surface area contributed by atoms with Gasteiger partial charge in [0.1, 0.15) is 17.7 Å². The Morgan fingerprint density at radius 2 is 1.69 bits per heavy atom. The van der Waals surface area contributed by atoms with Crippen LogP contribution in [0.25, 0.3) is 0 Å². The first-order chi connectivity index (χ1) is 12.5. The zero-order chi connectivity index (χ0) is 18.5. The zero-order valence-corrected chi connectivity index (χ0v) is 14.0. The van der Waals surface area contributed by atoms with E-state index < -0.39 is 18.0 Å². The Morgan fingerprint density at radius 3 is 2.35 bits per heavy atom. The average molecular weight is 362 g/mol. The molecule has 1 heterocycles. The van der Waals surface area contributed by atoms with Crippen LogP contribution in [0.2, 0.25) is 0 Å². The summed E-state index contributed by atoms with van der Waals surface area (Å²) < 4.78 is 31.3. The maximum Gasteiger partial charge on any atom is 0.251 e. The summed E-state index contributed by atoms with van der Waals surface area (Å²) >= 11 is 0. The number of rotatable bonds is 6. The predicted octanol–water partition coefficient (Wildman–Crippen LogP) is 1.61. The van der Waals surface area contributed by atoms with Gasteiger partial charge in [-0.05, 0) is 42.0 Å². The largest absolute Gasteiger partial charge is 0.389 e. The lowest BCUT2D eigenvalue weighted by Gasteiger charge is -2.19. The van der Waals surface area contributed by atoms with E-state index in [1.54, 1.807) is 12.1 Å². The Kier molecular flexibility index (Phi) is 5.92. The Morgan fingerprint density at radius 1 is 1.08 bits per heavy atom. The van der Waals surface area contributed by atoms with Crippen molar-refractivity contribution < 1.29 is 23.4 Å². The minimum Gasteiger partial charge on any atom is -0.389 e. The third-order valence-corrected chi connectivity index (χ3v) is 4.33. The third-order valence-electron chi connectivity index (χ3n) is 4.33. The molecule has 1 saturated heterocycles. The molecule has 0 saturated carbocycles. The van der Waals surface area contributed by atoms with Gasteiger partial charge in [0, 0.05) is 18.7 Å². The van der Waals surface area contributed by atoms with Crippen molar-refractivity contribution in [1.82, 2.24) is 10.6 Å². The maximum absolute atomic E-state index is 12.9. The minimum atomic E-state index is -0.788. The summed E-state index contributed by atoms with van der Waals surface area (Å²) in [5, 5.41) is 16.2. The van der Waals surface area contributed by atoms with Gasteiger partial charge in [0.2, 0.25) is 0 Å². The van der Waals surface area contributed by atoms with Gasteiger partial charge in [-0.2, -0.15) is 0 Å². The van der Waals surface area contributed by atoms with Crippen molar-refractivity contribution >= 4 is 5.91 Å². The van der Waals surface area contributed by atoms with Crippen LogP contribution in [-0.4, -0.2) is 42.4 Å². The summed E-state index contributed by atoms with van der Waals surface area (Å²) in [6.45, 7) is 0.922. The van der Waals surface area contributed by atoms with Crippen LogP contribution < -0.4 is 10.6 Å². The van der Waals surface area contributed by atoms with Gasteiger partial charge in [0.25, 0.3) is 5.91 Å². The molecule has 0 radical (unpaired) electrons. The molecule has 3 atom stereocenters. The topological polar surface area (TPSA) is 70.6 Å². The number of nitrogens with one attached hydrogen (secondary N) is 2. The highest BCUT2D eigenvalue weighted by molar-refractivity contribution is 5.94. The quantitative estimate of drug-likeness (QED) is 0.730. The van der Waals surface area contributed by atoms with Gasteiger partial charge in [0.05, 0.1) is 18.8 Å². The lowest BCUT2D eigenvalue weighted by atomic mass is 10.1. The SMILES string of the molecule is O=C(NC[C@H]1OC[C@@H](NCc2ccc(F)cc2)[C@@H]1O)c1ccc(F)cc1. The monoisotopic (exact) mass is 362 g/mol. The first kappa shape index (κ1) is 18.4. The highest BCUT2D eigenvalue weighted by Crippen LogP contribution is 2.15. The van der Waals surface area contributed by atoms with Gasteiger partial charge in [-0.15, -0.1) is 0 Å². The normalized spacial score (nSPS) is 22.3. The van der Waals surface area contributed by atoms with Crippen molar-refractivity contribution in [3.63, 3.8) is 0 Å². The van der Waals surface area contributed by atoms with Crippen LogP contribution in [0.5, 0.6) is 0 Å². The van der Waals surface area contributed by atoms with E-state index in [0.717, 1.165) is 5.56 Å². The lowest BCUT2D eigenvalue weighted by molar-refractivity contribution is 0.0398. The van der Waals surface area contributed by atoms with Crippen LogP contribution in [0.4, 0.5) is 8.78 Å². The molecule has 5 nitrogen and oxygen atoms in total. The predicted molar refractivity (Wildman–Crippen MR) is 91.5 cm³/mol. The van der Waals surface area contributed by atoms with Crippen LogP contribution in [0, 0.1) is 11.6 Å². The molecule has 0 bridgehead atoms. The maximum atomic E-state index is 12.9. The Hall–Kier alpha value is -2.35. The number of aliphatic hydroxyl groups is 1. The van der Waals surface area contributed by atoms with Crippen molar-refractivity contribution in [2.24, 2.45) is 0 Å². The average Bonchev–Trinajstić information content (AvgIpc) is 3.00. The fourth-order valence-electron chi connectivity index (χ4n) is 2.79. The highest BCUT2D eigenvalue weighted by atomic mass is 19.1. The van der Waals surface area contributed by atoms with Crippen molar-refractivity contribution in [2.75, 3.05) is 13.2 Å². The summed E-state index contributed by atoms with van der Waals surface area (Å²) in [5.74, 6) is -1.07. The Balaban J connectivity index is 1.46. The van der Waals surface area contributed by atoms with Crippen LogP contribution in [0.1, 0.15) is 15.9 Å². The molecule has 0 aliphatic carbocycles. The summed E-state index contributed by atoms with van der Waals surface area (Å²) in [6.07, 6.45) is -1.32. The zero-order valence-electron chi connectivity index (χ0n) is 14.0. The number of carbonyl (C=O) groups excluding carboxylic acids is 1. The van der Waals surface area contributed by atoms with Gasteiger partial charge in [0.15, 0.2) is 0 Å². The molecular formula is C19H20F2N2O3. The van der Waals surface area contributed by atoms with E-state index in [4.69, 9.17) is 4.74 Å². The molecule has 1 fully saturated rings. The molecule has 1 amide bonds. The number of hydrogen-bond donors (Lipinski definition) is 3. The van der Waals surface area contributed by atoms with Gasteiger partial charge < -0.3 is 20.5 Å². The summed E-state index contributed by atoms with van der Waals surface area (Å²) in [5.41, 5.74) is 1.23. The van der Waals surface area contributed by atoms with Crippen LogP contribution in [0.15, 0.2) is 48.5 Å². The van der Waals surface area contributed by atoms with Crippen molar-refractivity contribution in [3.05, 3.63) is 71.3 Å². The van der Waals surface area contributed by atoms with Crippen molar-refractivity contribution in [1.29, 1.82) is 0 Å². The van der Waals surface area contributed by atoms with Gasteiger partial charge in [-0.3, -0.25) is 4.79 Å². The Bertz CT molecular complexity index is 737. The molecule has 26 heavy (non-hydrogen) atoms. The fraction of sp³-hybridized carbons (Fsp3) is 0.316. The summed E-state index contributed by atoms with van der Waals surface area (Å²) in [4.78, 5) is 12.0. The van der Waals surface area contributed by atoms with Gasteiger partial charge in [-0.25, -0.2) is 8.78 Å². The van der Waals surface area contributed by atoms with Crippen LogP contribution in [0.3, 0.4) is 0 Å². The van der Waals surface area contributed by atoms with E-state index in [0.29, 0.717) is 18.7 Å². The molecule has 0 aromatic heterocycles. The second kappa shape index (κ2) is 8.35. The van der Waals surface area contributed by atoms with E-state index >= 15 is 0 Å². The smallest absolute Gasteiger partial charge is 0.251 e. The summed E-state index contributed by atoms with van der Waals surface area (Å²) in [6, 6.07) is 11.0. The molecule has 2 aromatic carbocycles. The van der Waals surface area contributed by atoms with E-state index in [2.05, 4.69) is 10.6 Å². The standard InChI is InChI=1S/C19H20F2N2O3/c20-14-5-1-12(2-6-14)9-22-16-11-26-17(18(16)24)10-23-19(25)13-3-7-15(21)8-4-13/h1-8,16-18,22,24H,9-11H2,(H,23,25)/t16-,17-,18+/m1/s1. The van der Waals surface area contributed by atoms with Gasteiger partial charge in [-0.1, -0.05) is 12.1 Å². The molecule has 2 aromatic rings. The number of aliphatic hydroxyl groups excluding tert-OH is 1. The van der Waals surface area contributed by atoms with E-state index in [1.807, 2.05) is 0 Å². The Labute approximate surface area is 150 Å². The number of amides is 1. The third kappa shape index (κ3) is 4.63. The molecule has 7 heteroatoms. The lowest BCUT2D eigenvalue weighted by Crippen LogP contribution is -2.44. The van der Waals surface area contributed by atoms with Gasteiger partial charge >= 0.3 is 0 Å². The molecule has 3 N–H and O–H groups in total. The van der Waals surface area contributed by atoms with Crippen molar-refractivity contribution in [3.8, 4) is 0 Å². The fourth-order valence-corrected chi connectivity index (χ4v) is 2.79. The number of hydrogen-bond acceptors (Lipinski definition) is 4. The van der Waals surface area contributed by atoms with Crippen molar-refractivity contribution in [2.45, 2.75) is 24.8 Å². The molecule has 3 rings (SSSR count). The number of benzene rings is 2. The molecule has 1 aliphatic heterocycles. The van der Waals surface area contributed by atoms with Crippen LogP contribution in [-0.2, 0) is 11.3 Å². The molecule has 1 aliphatic rings. The first-order valence-corrected chi connectivity index (χ1v) is 8.34. The first-order valence-electron chi connectivity index (χ1n) is 8.34. The number of carbonyl (C=O) groups is 1. The second-order valence-corrected chi connectivity index (χ2v) is 6.19. The number of ether oxygens (including phenoxy) is 1. The molecule has 0 spiro atoms. The summed E-state index contributed by atoms with van der Waals surface area (Å²) in [7, 11) is 0. The molecule has 0 unspecified atom stereocenters. The molecule has 138 valence electrons. The highest BCUT2D eigenvalue weighted by Gasteiger charge is 2.35. The second-order valence-electron chi connectivity index (χ2n) is 6.19. The van der Waals surface area contributed by atoms with E-state index in [-0.39, 0.29) is 24.3 Å². The van der Waals surface area contributed by atoms with E-state index in [9.17, 15) is 18.7 Å². The van der Waals surface area contributed by atoms with Crippen LogP contribution >= 0.6 is 0 Å². The van der Waals surface area contributed by atoms with E-state index in [1.165, 1.54) is 36.4 Å². The number of halogens is 2. The molecular weight excluding hydrogens is 342 g/mol.